The van der Waals surface area contributed by atoms with Crippen molar-refractivity contribution in [2.45, 2.75) is 32.7 Å². The molecule has 1 N–H and O–H groups in total. The molecule has 0 saturated heterocycles. The first-order valence-corrected chi connectivity index (χ1v) is 12.4. The first kappa shape index (κ1) is 25.2. The zero-order valence-corrected chi connectivity index (χ0v) is 20.4. The van der Waals surface area contributed by atoms with Crippen LogP contribution < -0.4 is 9.46 Å². The summed E-state index contributed by atoms with van der Waals surface area (Å²) in [6, 6.07) is 13.7. The lowest BCUT2D eigenvalue weighted by Gasteiger charge is -2.11. The topological polar surface area (TPSA) is 99.0 Å². The fraction of sp³-hybridized carbons (Fsp3) is 0.208. The average molecular weight is 518 g/mol. The van der Waals surface area contributed by atoms with Crippen LogP contribution in [-0.2, 0) is 22.0 Å². The molecule has 4 rings (SSSR count). The Morgan fingerprint density at radius 1 is 0.944 bits per heavy atom. The highest BCUT2D eigenvalue weighted by molar-refractivity contribution is 7.91. The number of anilines is 1. The van der Waals surface area contributed by atoms with Gasteiger partial charge in [-0.1, -0.05) is 12.1 Å². The smallest absolute Gasteiger partial charge is 0.416 e. The van der Waals surface area contributed by atoms with Crippen molar-refractivity contribution >= 4 is 15.7 Å². The number of hydrogen-bond donors (Lipinski definition) is 1. The molecule has 0 unspecified atom stereocenters. The minimum atomic E-state index is -4.48. The number of aromatic nitrogens is 4. The molecule has 0 aliphatic rings. The summed E-state index contributed by atoms with van der Waals surface area (Å²) in [5, 5.41) is 4.42. The molecule has 0 atom stereocenters. The molecule has 0 aliphatic heterocycles. The van der Waals surface area contributed by atoms with Crippen LogP contribution in [0.5, 0.6) is 11.6 Å². The second kappa shape index (κ2) is 9.61. The van der Waals surface area contributed by atoms with Gasteiger partial charge in [-0.2, -0.15) is 23.3 Å². The Labute approximate surface area is 205 Å². The minimum Gasteiger partial charge on any atom is -0.439 e. The van der Waals surface area contributed by atoms with Crippen LogP contribution in [0, 0.1) is 20.8 Å². The molecule has 36 heavy (non-hydrogen) atoms. The predicted molar refractivity (Wildman–Crippen MR) is 128 cm³/mol. The second-order valence-electron chi connectivity index (χ2n) is 8.13. The van der Waals surface area contributed by atoms with Crippen LogP contribution in [-0.4, -0.2) is 28.2 Å². The molecular weight excluding hydrogens is 495 g/mol. The van der Waals surface area contributed by atoms with Gasteiger partial charge in [-0.25, -0.2) is 18.1 Å². The maximum atomic E-state index is 12.7. The molecule has 12 heteroatoms. The van der Waals surface area contributed by atoms with Gasteiger partial charge in [0.05, 0.1) is 17.0 Å². The molecule has 0 amide bonds. The largest absolute Gasteiger partial charge is 0.439 e. The zero-order chi connectivity index (χ0) is 26.1. The van der Waals surface area contributed by atoms with Crippen LogP contribution in [0.4, 0.5) is 18.9 Å². The third kappa shape index (κ3) is 6.19. The summed E-state index contributed by atoms with van der Waals surface area (Å²) >= 11 is 0. The molecule has 0 bridgehead atoms. The fourth-order valence-corrected chi connectivity index (χ4v) is 4.68. The number of sulfonamides is 1. The second-order valence-corrected chi connectivity index (χ2v) is 9.86. The highest BCUT2D eigenvalue weighted by Gasteiger charge is 2.30. The molecule has 0 radical (unpaired) electrons. The van der Waals surface area contributed by atoms with Gasteiger partial charge in [0.25, 0.3) is 0 Å². The minimum absolute atomic E-state index is 0.230. The van der Waals surface area contributed by atoms with Crippen molar-refractivity contribution in [1.29, 1.82) is 0 Å². The molecule has 0 saturated carbocycles. The molecule has 2 heterocycles. The van der Waals surface area contributed by atoms with Crippen molar-refractivity contribution in [3.63, 3.8) is 0 Å². The Bertz CT molecular complexity index is 1480. The third-order valence-corrected chi connectivity index (χ3v) is 6.28. The summed E-state index contributed by atoms with van der Waals surface area (Å²) in [5.41, 5.74) is 1.42. The average Bonchev–Trinajstić information content (AvgIpc) is 3.12. The molecular formula is C24H22F3N5O3S. The van der Waals surface area contributed by atoms with Crippen LogP contribution in [0.25, 0.3) is 5.82 Å². The van der Waals surface area contributed by atoms with E-state index < -0.39 is 27.5 Å². The molecule has 0 fully saturated rings. The maximum Gasteiger partial charge on any atom is 0.416 e. The van der Waals surface area contributed by atoms with Crippen LogP contribution in [0.1, 0.15) is 28.3 Å². The monoisotopic (exact) mass is 517 g/mol. The highest BCUT2D eigenvalue weighted by Crippen LogP contribution is 2.29. The van der Waals surface area contributed by atoms with Crippen molar-refractivity contribution in [3.8, 4) is 17.4 Å². The summed E-state index contributed by atoms with van der Waals surface area (Å²) in [6.07, 6.45) is -4.48. The van der Waals surface area contributed by atoms with E-state index in [0.29, 0.717) is 23.3 Å². The van der Waals surface area contributed by atoms with E-state index >= 15 is 0 Å². The van der Waals surface area contributed by atoms with Gasteiger partial charge < -0.3 is 4.74 Å². The standard InChI is InChI=1S/C24H22F3N5O3S/c1-15-12-16(2)32(30-15)22-13-23(29-17(3)28-22)35-21-10-8-20(9-11-21)31-36(33,34)14-18-4-6-19(7-5-18)24(25,26)27/h4-13,31H,14H2,1-3H3. The number of rotatable bonds is 7. The van der Waals surface area contributed by atoms with E-state index in [1.807, 2.05) is 19.9 Å². The highest BCUT2D eigenvalue weighted by atomic mass is 32.2. The SMILES string of the molecule is Cc1cc(C)n(-c2cc(Oc3ccc(NS(=O)(=O)Cc4ccc(C(F)(F)F)cc4)cc3)nc(C)n2)n1. The van der Waals surface area contributed by atoms with Crippen LogP contribution in [0.15, 0.2) is 60.7 Å². The number of hydrogen-bond acceptors (Lipinski definition) is 6. The van der Waals surface area contributed by atoms with Crippen LogP contribution in [0.2, 0.25) is 0 Å². The van der Waals surface area contributed by atoms with Gasteiger partial charge in [0.1, 0.15) is 11.6 Å². The van der Waals surface area contributed by atoms with Gasteiger partial charge in [0, 0.05) is 17.4 Å². The predicted octanol–water partition coefficient (Wildman–Crippen LogP) is 5.34. The molecule has 2 aromatic carbocycles. The maximum absolute atomic E-state index is 12.7. The van der Waals surface area contributed by atoms with Crippen molar-refractivity contribution in [3.05, 3.63) is 89.0 Å². The van der Waals surface area contributed by atoms with E-state index in [9.17, 15) is 21.6 Å². The lowest BCUT2D eigenvalue weighted by Crippen LogP contribution is -2.15. The van der Waals surface area contributed by atoms with Gasteiger partial charge in [-0.05, 0) is 68.8 Å². The van der Waals surface area contributed by atoms with Crippen molar-refractivity contribution in [1.82, 2.24) is 19.7 Å². The number of nitrogens with zero attached hydrogens (tertiary/aromatic N) is 4. The first-order chi connectivity index (χ1) is 16.9. The van der Waals surface area contributed by atoms with E-state index in [1.54, 1.807) is 29.8 Å². The summed E-state index contributed by atoms with van der Waals surface area (Å²) < 4.78 is 73.0. The summed E-state index contributed by atoms with van der Waals surface area (Å²) in [4.78, 5) is 8.69. The number of halogens is 3. The lowest BCUT2D eigenvalue weighted by molar-refractivity contribution is -0.137. The van der Waals surface area contributed by atoms with Crippen LogP contribution >= 0.6 is 0 Å². The van der Waals surface area contributed by atoms with E-state index in [2.05, 4.69) is 19.8 Å². The Morgan fingerprint density at radius 3 is 2.19 bits per heavy atom. The summed E-state index contributed by atoms with van der Waals surface area (Å²) in [7, 11) is -3.85. The fourth-order valence-electron chi connectivity index (χ4n) is 3.48. The van der Waals surface area contributed by atoms with Crippen molar-refractivity contribution < 1.29 is 26.3 Å². The Hall–Kier alpha value is -3.93. The molecule has 2 aromatic heterocycles. The van der Waals surface area contributed by atoms with Gasteiger partial charge in [0.2, 0.25) is 15.9 Å². The van der Waals surface area contributed by atoms with E-state index in [4.69, 9.17) is 4.74 Å². The van der Waals surface area contributed by atoms with Crippen LogP contribution in [0.3, 0.4) is 0 Å². The van der Waals surface area contributed by atoms with Crippen molar-refractivity contribution in [2.75, 3.05) is 4.72 Å². The number of alkyl halides is 3. The molecule has 8 nitrogen and oxygen atoms in total. The van der Waals surface area contributed by atoms with Gasteiger partial charge in [0.15, 0.2) is 5.82 Å². The number of aryl methyl sites for hydroxylation is 3. The van der Waals surface area contributed by atoms with Gasteiger partial charge in [-0.15, -0.1) is 0 Å². The quantitative estimate of drug-likeness (QED) is 0.355. The molecule has 0 spiro atoms. The first-order valence-electron chi connectivity index (χ1n) is 10.7. The summed E-state index contributed by atoms with van der Waals surface area (Å²) in [5.74, 6) is 1.27. The van der Waals surface area contributed by atoms with Crippen molar-refractivity contribution in [2.24, 2.45) is 0 Å². The van der Waals surface area contributed by atoms with E-state index in [-0.39, 0.29) is 11.3 Å². The van der Waals surface area contributed by atoms with E-state index in [1.165, 1.54) is 12.1 Å². The summed E-state index contributed by atoms with van der Waals surface area (Å²) in [6.45, 7) is 5.53. The lowest BCUT2D eigenvalue weighted by atomic mass is 10.1. The van der Waals surface area contributed by atoms with Gasteiger partial charge >= 0.3 is 6.18 Å². The third-order valence-electron chi connectivity index (χ3n) is 5.02. The van der Waals surface area contributed by atoms with Gasteiger partial charge in [-0.3, -0.25) is 4.72 Å². The number of benzene rings is 2. The Balaban J connectivity index is 1.44. The molecule has 4 aromatic rings. The zero-order valence-electron chi connectivity index (χ0n) is 19.5. The molecule has 188 valence electrons. The molecule has 0 aliphatic carbocycles. The number of ether oxygens (including phenoxy) is 1. The normalized spacial score (nSPS) is 11.9. The Morgan fingerprint density at radius 2 is 1.61 bits per heavy atom. The van der Waals surface area contributed by atoms with E-state index in [0.717, 1.165) is 35.7 Å². The number of nitrogens with one attached hydrogen (secondary N) is 1. The Kier molecular flexibility index (Phi) is 6.72.